The molecule has 2 rings (SSSR count). The monoisotopic (exact) mass is 223 g/mol. The minimum atomic E-state index is -4.27. The Morgan fingerprint density at radius 2 is 1.94 bits per heavy atom. The van der Waals surface area contributed by atoms with Crippen molar-refractivity contribution in [2.45, 2.75) is 12.7 Å². The molecule has 1 aromatic heterocycles. The van der Waals surface area contributed by atoms with Gasteiger partial charge in [-0.3, -0.25) is 0 Å². The highest BCUT2D eigenvalue weighted by molar-refractivity contribution is 5.82. The Morgan fingerprint density at radius 3 is 2.56 bits per heavy atom. The summed E-state index contributed by atoms with van der Waals surface area (Å²) < 4.78 is 38.2. The highest BCUT2D eigenvalue weighted by Crippen LogP contribution is 2.25. The van der Waals surface area contributed by atoms with Crippen molar-refractivity contribution in [2.24, 2.45) is 0 Å². The molecule has 0 aliphatic heterocycles. The molecule has 2 aromatic rings. The number of benzene rings is 1. The molecule has 0 radical (unpaired) electrons. The second kappa shape index (κ2) is 3.60. The molecule has 16 heavy (non-hydrogen) atoms. The van der Waals surface area contributed by atoms with Gasteiger partial charge in [-0.15, -0.1) is 6.42 Å². The fraction of sp³-hybridized carbons (Fsp3) is 0.167. The first-order valence-electron chi connectivity index (χ1n) is 4.63. The molecule has 0 amide bonds. The minimum absolute atomic E-state index is 0.249. The lowest BCUT2D eigenvalue weighted by atomic mass is 10.2. The maximum atomic E-state index is 12.4. The predicted molar refractivity (Wildman–Crippen MR) is 55.9 cm³/mol. The number of nitrogens with zero attached hydrogens (tertiary/aromatic N) is 1. The number of fused-ring (bicyclic) bond motifs is 1. The third-order valence-electron chi connectivity index (χ3n) is 2.30. The maximum absolute atomic E-state index is 12.4. The third kappa shape index (κ3) is 1.89. The second-order valence-corrected chi connectivity index (χ2v) is 3.43. The quantitative estimate of drug-likeness (QED) is 0.654. The number of hydrogen-bond donors (Lipinski definition) is 0. The lowest BCUT2D eigenvalue weighted by Gasteiger charge is -2.10. The molecule has 0 unspecified atom stereocenters. The van der Waals surface area contributed by atoms with Crippen molar-refractivity contribution in [3.05, 3.63) is 36.0 Å². The molecule has 0 aliphatic rings. The van der Waals surface area contributed by atoms with Crippen LogP contribution in [0.25, 0.3) is 10.9 Å². The van der Waals surface area contributed by atoms with Crippen LogP contribution in [-0.4, -0.2) is 10.7 Å². The molecular weight excluding hydrogens is 215 g/mol. The van der Waals surface area contributed by atoms with Gasteiger partial charge in [-0.1, -0.05) is 24.1 Å². The summed E-state index contributed by atoms with van der Waals surface area (Å²) >= 11 is 0. The Hall–Kier alpha value is -1.89. The van der Waals surface area contributed by atoms with E-state index in [9.17, 15) is 13.2 Å². The van der Waals surface area contributed by atoms with Gasteiger partial charge in [0.15, 0.2) is 0 Å². The van der Waals surface area contributed by atoms with Crippen molar-refractivity contribution in [3.8, 4) is 12.3 Å². The van der Waals surface area contributed by atoms with E-state index in [4.69, 9.17) is 6.42 Å². The van der Waals surface area contributed by atoms with E-state index < -0.39 is 12.7 Å². The van der Waals surface area contributed by atoms with Gasteiger partial charge >= 0.3 is 6.18 Å². The van der Waals surface area contributed by atoms with Crippen LogP contribution < -0.4 is 0 Å². The second-order valence-electron chi connectivity index (χ2n) is 3.43. The molecule has 0 spiro atoms. The number of halogens is 3. The molecule has 0 saturated heterocycles. The zero-order valence-corrected chi connectivity index (χ0v) is 8.25. The topological polar surface area (TPSA) is 4.93 Å². The van der Waals surface area contributed by atoms with Gasteiger partial charge in [0.05, 0.1) is 5.69 Å². The molecule has 82 valence electrons. The molecule has 0 aliphatic carbocycles. The number of hydrogen-bond acceptors (Lipinski definition) is 0. The van der Waals surface area contributed by atoms with Crippen molar-refractivity contribution in [2.75, 3.05) is 0 Å². The van der Waals surface area contributed by atoms with Gasteiger partial charge in [-0.05, 0) is 12.1 Å². The molecule has 0 saturated carbocycles. The number of para-hydroxylation sites is 1. The average molecular weight is 223 g/mol. The van der Waals surface area contributed by atoms with E-state index >= 15 is 0 Å². The van der Waals surface area contributed by atoms with Gasteiger partial charge < -0.3 is 4.57 Å². The lowest BCUT2D eigenvalue weighted by molar-refractivity contribution is -0.140. The van der Waals surface area contributed by atoms with Crippen LogP contribution >= 0.6 is 0 Å². The molecule has 1 nitrogen and oxygen atoms in total. The minimum Gasteiger partial charge on any atom is -0.325 e. The van der Waals surface area contributed by atoms with E-state index in [2.05, 4.69) is 5.92 Å². The van der Waals surface area contributed by atoms with Crippen molar-refractivity contribution < 1.29 is 13.2 Å². The lowest BCUT2D eigenvalue weighted by Crippen LogP contribution is -2.18. The summed E-state index contributed by atoms with van der Waals surface area (Å²) in [5.41, 5.74) is 0.756. The molecule has 1 aromatic carbocycles. The summed E-state index contributed by atoms with van der Waals surface area (Å²) in [6, 6.07) is 8.40. The van der Waals surface area contributed by atoms with Gasteiger partial charge in [0.2, 0.25) is 0 Å². The van der Waals surface area contributed by atoms with Crippen LogP contribution in [0.15, 0.2) is 30.3 Å². The molecule has 4 heteroatoms. The SMILES string of the molecule is C#Cc1cc2ccccc2n1CC(F)(F)F. The summed E-state index contributed by atoms with van der Waals surface area (Å²) in [5, 5.41) is 0.722. The fourth-order valence-corrected chi connectivity index (χ4v) is 1.68. The van der Waals surface area contributed by atoms with E-state index in [1.54, 1.807) is 30.3 Å². The Labute approximate surface area is 90.5 Å². The van der Waals surface area contributed by atoms with E-state index in [-0.39, 0.29) is 5.69 Å². The number of rotatable bonds is 1. The van der Waals surface area contributed by atoms with E-state index in [1.807, 2.05) is 0 Å². The van der Waals surface area contributed by atoms with Gasteiger partial charge in [-0.2, -0.15) is 13.2 Å². The normalized spacial score (nSPS) is 11.6. The Morgan fingerprint density at radius 1 is 1.25 bits per heavy atom. The first-order chi connectivity index (χ1) is 7.51. The van der Waals surface area contributed by atoms with E-state index in [0.717, 1.165) is 9.95 Å². The molecular formula is C12H8F3N. The van der Waals surface area contributed by atoms with Crippen LogP contribution in [0, 0.1) is 12.3 Å². The first kappa shape index (κ1) is 10.6. The van der Waals surface area contributed by atoms with Crippen LogP contribution in [0.1, 0.15) is 5.69 Å². The standard InChI is InChI=1S/C12H8F3N/c1-2-10-7-9-5-3-4-6-11(9)16(10)8-12(13,14)15/h1,3-7H,8H2. The summed E-state index contributed by atoms with van der Waals surface area (Å²) in [6.07, 6.45) is 0.925. The highest BCUT2D eigenvalue weighted by Gasteiger charge is 2.29. The van der Waals surface area contributed by atoms with Crippen molar-refractivity contribution in [3.63, 3.8) is 0 Å². The van der Waals surface area contributed by atoms with Gasteiger partial charge in [0, 0.05) is 10.9 Å². The van der Waals surface area contributed by atoms with Crippen LogP contribution in [0.4, 0.5) is 13.2 Å². The Bertz CT molecular complexity index is 558. The maximum Gasteiger partial charge on any atom is 0.406 e. The molecule has 0 fully saturated rings. The predicted octanol–water partition coefficient (Wildman–Crippen LogP) is 3.18. The van der Waals surface area contributed by atoms with Gasteiger partial charge in [-0.25, -0.2) is 0 Å². The first-order valence-corrected chi connectivity index (χ1v) is 4.63. The molecule has 0 atom stereocenters. The summed E-state index contributed by atoms with van der Waals surface area (Å²) in [7, 11) is 0. The highest BCUT2D eigenvalue weighted by atomic mass is 19.4. The molecule has 1 heterocycles. The summed E-state index contributed by atoms with van der Waals surface area (Å²) in [6.45, 7) is -1.06. The Balaban J connectivity index is 2.62. The van der Waals surface area contributed by atoms with Crippen molar-refractivity contribution >= 4 is 10.9 Å². The largest absolute Gasteiger partial charge is 0.406 e. The molecule has 0 bridgehead atoms. The number of alkyl halides is 3. The van der Waals surface area contributed by atoms with Crippen molar-refractivity contribution in [1.29, 1.82) is 0 Å². The van der Waals surface area contributed by atoms with Crippen LogP contribution in [0.3, 0.4) is 0 Å². The smallest absolute Gasteiger partial charge is 0.325 e. The zero-order chi connectivity index (χ0) is 11.8. The van der Waals surface area contributed by atoms with Crippen LogP contribution in [0.5, 0.6) is 0 Å². The summed E-state index contributed by atoms with van der Waals surface area (Å²) in [5.74, 6) is 2.27. The third-order valence-corrected chi connectivity index (χ3v) is 2.30. The summed E-state index contributed by atoms with van der Waals surface area (Å²) in [4.78, 5) is 0. The van der Waals surface area contributed by atoms with Crippen LogP contribution in [0.2, 0.25) is 0 Å². The number of terminal acetylenes is 1. The van der Waals surface area contributed by atoms with E-state index in [0.29, 0.717) is 5.52 Å². The number of aromatic nitrogens is 1. The average Bonchev–Trinajstić information content (AvgIpc) is 2.55. The fourth-order valence-electron chi connectivity index (χ4n) is 1.68. The molecule has 0 N–H and O–H groups in total. The van der Waals surface area contributed by atoms with Gasteiger partial charge in [0.1, 0.15) is 6.54 Å². The van der Waals surface area contributed by atoms with Crippen molar-refractivity contribution in [1.82, 2.24) is 4.57 Å². The van der Waals surface area contributed by atoms with E-state index in [1.165, 1.54) is 0 Å². The van der Waals surface area contributed by atoms with Gasteiger partial charge in [0.25, 0.3) is 0 Å². The zero-order valence-electron chi connectivity index (χ0n) is 8.25. The van der Waals surface area contributed by atoms with Crippen LogP contribution in [-0.2, 0) is 6.54 Å². The Kier molecular flexibility index (Phi) is 2.39.